The number of aromatic nitrogens is 2. The Balaban J connectivity index is 2.03. The Bertz CT molecular complexity index is 345. The highest BCUT2D eigenvalue weighted by atomic mass is 16.6. The molecule has 82 valence electrons. The van der Waals surface area contributed by atoms with E-state index in [-0.39, 0.29) is 17.7 Å². The van der Waals surface area contributed by atoms with Crippen LogP contribution in [0.5, 0.6) is 5.88 Å². The molecule has 1 fully saturated rings. The lowest BCUT2D eigenvalue weighted by atomic mass is 10.1. The monoisotopic (exact) mass is 212 g/mol. The summed E-state index contributed by atoms with van der Waals surface area (Å²) in [5.74, 6) is 0.159. The molecule has 2 N–H and O–H groups in total. The number of ether oxygens (including phenoxy) is 1. The van der Waals surface area contributed by atoms with Gasteiger partial charge < -0.3 is 10.1 Å². The molecule has 0 radical (unpaired) electrons. The Kier molecular flexibility index (Phi) is 2.82. The summed E-state index contributed by atoms with van der Waals surface area (Å²) in [6.45, 7) is 1.76. The van der Waals surface area contributed by atoms with Crippen molar-refractivity contribution in [2.45, 2.75) is 18.9 Å². The number of hydrogen-bond acceptors (Lipinski definition) is 5. The molecule has 0 aliphatic carbocycles. The van der Waals surface area contributed by atoms with Crippen LogP contribution in [0, 0.1) is 10.1 Å². The normalized spacial score (nSPS) is 17.6. The third-order valence-corrected chi connectivity index (χ3v) is 2.35. The fraction of sp³-hybridized carbons (Fsp3) is 0.625. The number of rotatable bonds is 3. The van der Waals surface area contributed by atoms with Gasteiger partial charge in [-0.1, -0.05) is 0 Å². The van der Waals surface area contributed by atoms with Gasteiger partial charge in [0.1, 0.15) is 12.3 Å². The molecular formula is C8H12N4O3. The second kappa shape index (κ2) is 4.26. The molecule has 0 unspecified atom stereocenters. The molecule has 2 rings (SSSR count). The van der Waals surface area contributed by atoms with Crippen molar-refractivity contribution >= 4 is 5.69 Å². The van der Waals surface area contributed by atoms with Gasteiger partial charge in [-0.3, -0.25) is 10.1 Å². The van der Waals surface area contributed by atoms with E-state index in [1.54, 1.807) is 0 Å². The second-order valence-electron chi connectivity index (χ2n) is 3.41. The summed E-state index contributed by atoms with van der Waals surface area (Å²) in [5, 5.41) is 19.9. The van der Waals surface area contributed by atoms with Crippen molar-refractivity contribution in [3.8, 4) is 5.88 Å². The molecule has 0 atom stereocenters. The predicted octanol–water partition coefficient (Wildman–Crippen LogP) is 0.449. The lowest BCUT2D eigenvalue weighted by Crippen LogP contribution is -2.34. The number of nitro groups is 1. The van der Waals surface area contributed by atoms with Gasteiger partial charge in [0.05, 0.1) is 4.92 Å². The van der Waals surface area contributed by atoms with Crippen LogP contribution in [0.2, 0.25) is 0 Å². The first kappa shape index (κ1) is 9.91. The van der Waals surface area contributed by atoms with E-state index in [9.17, 15) is 10.1 Å². The minimum absolute atomic E-state index is 0.0328. The van der Waals surface area contributed by atoms with Gasteiger partial charge in [0.15, 0.2) is 0 Å². The van der Waals surface area contributed by atoms with Crippen LogP contribution < -0.4 is 10.1 Å². The van der Waals surface area contributed by atoms with Crippen LogP contribution in [0.1, 0.15) is 12.8 Å². The molecule has 1 aliphatic rings. The van der Waals surface area contributed by atoms with Crippen molar-refractivity contribution in [3.05, 3.63) is 16.3 Å². The van der Waals surface area contributed by atoms with Gasteiger partial charge in [-0.05, 0) is 25.9 Å². The fourth-order valence-electron chi connectivity index (χ4n) is 1.56. The summed E-state index contributed by atoms with van der Waals surface area (Å²) in [5.41, 5.74) is -0.103. The van der Waals surface area contributed by atoms with Crippen molar-refractivity contribution in [1.29, 1.82) is 0 Å². The quantitative estimate of drug-likeness (QED) is 0.560. The summed E-state index contributed by atoms with van der Waals surface area (Å²) in [6.07, 6.45) is 2.91. The SMILES string of the molecule is O=[N+]([O-])c1cn[nH]c1OC1CCNCC1. The first-order valence-corrected chi connectivity index (χ1v) is 4.82. The number of aromatic amines is 1. The number of piperidine rings is 1. The third-order valence-electron chi connectivity index (χ3n) is 2.35. The van der Waals surface area contributed by atoms with Crippen molar-refractivity contribution in [2.75, 3.05) is 13.1 Å². The molecule has 2 heterocycles. The van der Waals surface area contributed by atoms with Crippen molar-refractivity contribution < 1.29 is 9.66 Å². The standard InChI is InChI=1S/C8H12N4O3/c13-12(14)7-5-10-11-8(7)15-6-1-3-9-4-2-6/h5-6,9H,1-4H2,(H,10,11). The van der Waals surface area contributed by atoms with Gasteiger partial charge in [-0.15, -0.1) is 0 Å². The van der Waals surface area contributed by atoms with E-state index in [0.29, 0.717) is 0 Å². The maximum absolute atomic E-state index is 10.6. The smallest absolute Gasteiger partial charge is 0.350 e. The van der Waals surface area contributed by atoms with E-state index >= 15 is 0 Å². The van der Waals surface area contributed by atoms with Gasteiger partial charge in [-0.2, -0.15) is 5.10 Å². The average Bonchev–Trinajstić information content (AvgIpc) is 2.67. The van der Waals surface area contributed by atoms with E-state index in [2.05, 4.69) is 15.5 Å². The molecule has 0 amide bonds. The van der Waals surface area contributed by atoms with Crippen LogP contribution in [0.25, 0.3) is 0 Å². The lowest BCUT2D eigenvalue weighted by molar-refractivity contribution is -0.386. The molecular weight excluding hydrogens is 200 g/mol. The zero-order valence-corrected chi connectivity index (χ0v) is 8.10. The Morgan fingerprint density at radius 3 is 2.93 bits per heavy atom. The summed E-state index contributed by atoms with van der Waals surface area (Å²) in [6, 6.07) is 0. The number of H-pyrrole nitrogens is 1. The fourth-order valence-corrected chi connectivity index (χ4v) is 1.56. The Morgan fingerprint density at radius 1 is 1.53 bits per heavy atom. The molecule has 1 aromatic heterocycles. The molecule has 0 aromatic carbocycles. The molecule has 0 saturated carbocycles. The largest absolute Gasteiger partial charge is 0.470 e. The Labute approximate surface area is 86.0 Å². The highest BCUT2D eigenvalue weighted by molar-refractivity contribution is 5.37. The first-order chi connectivity index (χ1) is 7.27. The van der Waals surface area contributed by atoms with E-state index in [1.807, 2.05) is 0 Å². The van der Waals surface area contributed by atoms with Gasteiger partial charge in [0.25, 0.3) is 5.88 Å². The predicted molar refractivity (Wildman–Crippen MR) is 51.8 cm³/mol. The summed E-state index contributed by atoms with van der Waals surface area (Å²) >= 11 is 0. The van der Waals surface area contributed by atoms with Gasteiger partial charge in [0.2, 0.25) is 0 Å². The van der Waals surface area contributed by atoms with Crippen molar-refractivity contribution in [3.63, 3.8) is 0 Å². The molecule has 0 spiro atoms. The number of nitrogens with zero attached hydrogens (tertiary/aromatic N) is 2. The average molecular weight is 212 g/mol. The van der Waals surface area contributed by atoms with E-state index in [0.717, 1.165) is 32.1 Å². The third kappa shape index (κ3) is 2.24. The first-order valence-electron chi connectivity index (χ1n) is 4.82. The van der Waals surface area contributed by atoms with Gasteiger partial charge in [0, 0.05) is 0 Å². The number of nitrogens with one attached hydrogen (secondary N) is 2. The van der Waals surface area contributed by atoms with Crippen LogP contribution >= 0.6 is 0 Å². The molecule has 1 aromatic rings. The summed E-state index contributed by atoms with van der Waals surface area (Å²) < 4.78 is 5.49. The molecule has 1 saturated heterocycles. The minimum Gasteiger partial charge on any atom is -0.470 e. The molecule has 0 bridgehead atoms. The minimum atomic E-state index is -0.500. The highest BCUT2D eigenvalue weighted by Gasteiger charge is 2.22. The maximum atomic E-state index is 10.6. The van der Waals surface area contributed by atoms with Crippen molar-refractivity contribution in [2.24, 2.45) is 0 Å². The summed E-state index contributed by atoms with van der Waals surface area (Å²) in [4.78, 5) is 10.1. The summed E-state index contributed by atoms with van der Waals surface area (Å²) in [7, 11) is 0. The van der Waals surface area contributed by atoms with Crippen LogP contribution in [0.4, 0.5) is 5.69 Å². The zero-order valence-electron chi connectivity index (χ0n) is 8.10. The highest BCUT2D eigenvalue weighted by Crippen LogP contribution is 2.25. The topological polar surface area (TPSA) is 93.1 Å². The molecule has 7 heteroatoms. The van der Waals surface area contributed by atoms with Crippen LogP contribution in [-0.4, -0.2) is 34.3 Å². The second-order valence-corrected chi connectivity index (χ2v) is 3.41. The van der Waals surface area contributed by atoms with E-state index in [4.69, 9.17) is 4.74 Å². The van der Waals surface area contributed by atoms with E-state index < -0.39 is 4.92 Å². The maximum Gasteiger partial charge on any atom is 0.350 e. The van der Waals surface area contributed by atoms with Gasteiger partial charge in [-0.25, -0.2) is 5.10 Å². The van der Waals surface area contributed by atoms with E-state index in [1.165, 1.54) is 0 Å². The van der Waals surface area contributed by atoms with Crippen LogP contribution in [0.15, 0.2) is 6.20 Å². The van der Waals surface area contributed by atoms with Crippen molar-refractivity contribution in [1.82, 2.24) is 15.5 Å². The van der Waals surface area contributed by atoms with Gasteiger partial charge >= 0.3 is 5.69 Å². The molecule has 7 nitrogen and oxygen atoms in total. The zero-order chi connectivity index (χ0) is 10.7. The Hall–Kier alpha value is -1.63. The molecule has 15 heavy (non-hydrogen) atoms. The van der Waals surface area contributed by atoms with Crippen LogP contribution in [0.3, 0.4) is 0 Å². The van der Waals surface area contributed by atoms with Crippen LogP contribution in [-0.2, 0) is 0 Å². The molecule has 1 aliphatic heterocycles. The Morgan fingerprint density at radius 2 is 2.27 bits per heavy atom. The number of hydrogen-bond donors (Lipinski definition) is 2. The lowest BCUT2D eigenvalue weighted by Gasteiger charge is -2.22.